The Hall–Kier alpha value is -2.94. The van der Waals surface area contributed by atoms with Crippen LogP contribution in [-0.2, 0) is 0 Å². The molecule has 0 spiro atoms. The minimum Gasteiger partial charge on any atom is -0.494 e. The number of nitrogens with one attached hydrogen (secondary N) is 1. The van der Waals surface area contributed by atoms with Crippen molar-refractivity contribution >= 4 is 0 Å². The average Bonchev–Trinajstić information content (AvgIpc) is 2.84. The van der Waals surface area contributed by atoms with Gasteiger partial charge >= 0.3 is 0 Å². The van der Waals surface area contributed by atoms with E-state index >= 15 is 0 Å². The van der Waals surface area contributed by atoms with Crippen LogP contribution in [0.25, 0.3) is 11.1 Å². The van der Waals surface area contributed by atoms with Crippen LogP contribution in [0.15, 0.2) is 84.7 Å². The number of allylic oxidation sites excluding steroid dienone is 3. The fraction of sp³-hybridized carbons (Fsp3) is 0.357. The lowest BCUT2D eigenvalue weighted by Gasteiger charge is -2.22. The smallest absolute Gasteiger partial charge is 0.119 e. The van der Waals surface area contributed by atoms with Crippen LogP contribution in [0.3, 0.4) is 0 Å². The zero-order chi connectivity index (χ0) is 22.5. The van der Waals surface area contributed by atoms with Gasteiger partial charge < -0.3 is 15.8 Å². The van der Waals surface area contributed by atoms with Crippen LogP contribution in [-0.4, -0.2) is 13.7 Å². The van der Waals surface area contributed by atoms with Gasteiger partial charge in [0, 0.05) is 18.4 Å². The third-order valence-corrected chi connectivity index (χ3v) is 5.64. The molecule has 0 saturated heterocycles. The average molecular weight is 419 g/mol. The largest absolute Gasteiger partial charge is 0.494 e. The first-order valence-electron chi connectivity index (χ1n) is 11.4. The normalized spacial score (nSPS) is 14.9. The number of rotatable bonds is 7. The summed E-state index contributed by atoms with van der Waals surface area (Å²) >= 11 is 0. The van der Waals surface area contributed by atoms with Gasteiger partial charge in [0.1, 0.15) is 5.75 Å². The Bertz CT molecular complexity index is 842. The third-order valence-electron chi connectivity index (χ3n) is 5.64. The lowest BCUT2D eigenvalue weighted by atomic mass is 9.84. The minimum absolute atomic E-state index is 0.669. The molecule has 0 bridgehead atoms. The van der Waals surface area contributed by atoms with Gasteiger partial charge in [-0.15, -0.1) is 0 Å². The second kappa shape index (κ2) is 13.4. The molecule has 0 unspecified atom stereocenters. The molecule has 0 amide bonds. The van der Waals surface area contributed by atoms with E-state index < -0.39 is 0 Å². The highest BCUT2D eigenvalue weighted by Crippen LogP contribution is 2.33. The van der Waals surface area contributed by atoms with Crippen LogP contribution >= 0.6 is 0 Å². The van der Waals surface area contributed by atoms with E-state index in [2.05, 4.69) is 48.3 Å². The van der Waals surface area contributed by atoms with Crippen molar-refractivity contribution in [3.8, 4) is 16.9 Å². The Morgan fingerprint density at radius 2 is 1.61 bits per heavy atom. The Kier molecular flexibility index (Phi) is 10.5. The topological polar surface area (TPSA) is 47.3 Å². The Morgan fingerprint density at radius 3 is 2.10 bits per heavy atom. The lowest BCUT2D eigenvalue weighted by molar-refractivity contribution is 0.340. The first kappa shape index (κ1) is 24.3. The van der Waals surface area contributed by atoms with Crippen LogP contribution in [0.5, 0.6) is 5.75 Å². The molecule has 0 aliphatic heterocycles. The molecule has 1 fully saturated rings. The summed E-state index contributed by atoms with van der Waals surface area (Å²) in [5, 5.41) is 2.97. The van der Waals surface area contributed by atoms with Crippen molar-refractivity contribution in [2.45, 2.75) is 51.9 Å². The maximum absolute atomic E-state index is 5.50. The van der Waals surface area contributed by atoms with E-state index in [4.69, 9.17) is 10.5 Å². The van der Waals surface area contributed by atoms with Gasteiger partial charge in [-0.05, 0) is 73.6 Å². The zero-order valence-electron chi connectivity index (χ0n) is 19.4. The fourth-order valence-corrected chi connectivity index (χ4v) is 3.83. The Morgan fingerprint density at radius 1 is 1.03 bits per heavy atom. The monoisotopic (exact) mass is 418 g/mol. The van der Waals surface area contributed by atoms with E-state index in [1.165, 1.54) is 48.8 Å². The molecule has 166 valence electrons. The SMILES string of the molecule is C=C/C(N)=C\C(=C/C)NC.CCOc1ccc(-c2ccc(C3CCCCC3)cc2)cc1. The first-order chi connectivity index (χ1) is 15.1. The van der Waals surface area contributed by atoms with Crippen LogP contribution in [0, 0.1) is 0 Å². The Balaban J connectivity index is 0.000000291. The molecule has 2 aromatic carbocycles. The molecule has 3 rings (SSSR count). The molecule has 0 aromatic heterocycles. The molecule has 0 atom stereocenters. The summed E-state index contributed by atoms with van der Waals surface area (Å²) in [6, 6.07) is 17.5. The molecular weight excluding hydrogens is 380 g/mol. The molecule has 3 nitrogen and oxygen atoms in total. The molecule has 3 heteroatoms. The highest BCUT2D eigenvalue weighted by molar-refractivity contribution is 5.64. The van der Waals surface area contributed by atoms with Crippen LogP contribution in [0.4, 0.5) is 0 Å². The number of benzene rings is 2. The zero-order valence-corrected chi connectivity index (χ0v) is 19.4. The number of hydrogen-bond acceptors (Lipinski definition) is 3. The first-order valence-corrected chi connectivity index (χ1v) is 11.4. The standard InChI is InChI=1S/C20H24O.C8H14N2/c1-2-21-20-14-12-19(13-15-20)18-10-8-17(9-11-18)16-6-4-3-5-7-16;1-4-7(9)6-8(5-2)10-3/h8-16H,2-7H2,1H3;4-6,10H,1,9H2,2-3H3/b;7-6+,8-5+. The van der Waals surface area contributed by atoms with Gasteiger partial charge in [0.15, 0.2) is 0 Å². The van der Waals surface area contributed by atoms with E-state index in [9.17, 15) is 0 Å². The summed E-state index contributed by atoms with van der Waals surface area (Å²) in [6.45, 7) is 8.21. The van der Waals surface area contributed by atoms with Gasteiger partial charge in [0.25, 0.3) is 0 Å². The highest BCUT2D eigenvalue weighted by Gasteiger charge is 2.15. The van der Waals surface area contributed by atoms with Gasteiger partial charge in [0.2, 0.25) is 0 Å². The predicted octanol–water partition coefficient (Wildman–Crippen LogP) is 6.94. The highest BCUT2D eigenvalue weighted by atomic mass is 16.5. The van der Waals surface area contributed by atoms with Crippen molar-refractivity contribution in [3.63, 3.8) is 0 Å². The quantitative estimate of drug-likeness (QED) is 0.479. The second-order valence-corrected chi connectivity index (χ2v) is 7.76. The summed E-state index contributed by atoms with van der Waals surface area (Å²) in [5.41, 5.74) is 11.2. The summed E-state index contributed by atoms with van der Waals surface area (Å²) < 4.78 is 5.50. The fourth-order valence-electron chi connectivity index (χ4n) is 3.83. The van der Waals surface area contributed by atoms with Crippen LogP contribution < -0.4 is 15.8 Å². The van der Waals surface area contributed by atoms with Gasteiger partial charge in [-0.25, -0.2) is 0 Å². The van der Waals surface area contributed by atoms with Gasteiger partial charge in [0.05, 0.1) is 6.61 Å². The van der Waals surface area contributed by atoms with Crippen molar-refractivity contribution < 1.29 is 4.74 Å². The maximum Gasteiger partial charge on any atom is 0.119 e. The summed E-state index contributed by atoms with van der Waals surface area (Å²) in [5.74, 6) is 1.73. The van der Waals surface area contributed by atoms with Crippen LogP contribution in [0.2, 0.25) is 0 Å². The van der Waals surface area contributed by atoms with Crippen molar-refractivity contribution in [2.24, 2.45) is 5.73 Å². The molecule has 3 N–H and O–H groups in total. The molecule has 2 aromatic rings. The van der Waals surface area contributed by atoms with Crippen molar-refractivity contribution in [1.82, 2.24) is 5.32 Å². The van der Waals surface area contributed by atoms with Crippen LogP contribution in [0.1, 0.15) is 57.4 Å². The molecule has 1 aliphatic rings. The number of hydrogen-bond donors (Lipinski definition) is 2. The maximum atomic E-state index is 5.50. The van der Waals surface area contributed by atoms with E-state index in [-0.39, 0.29) is 0 Å². The van der Waals surface area contributed by atoms with Gasteiger partial charge in [-0.1, -0.05) is 68.3 Å². The number of likely N-dealkylation sites (N-methyl/N-ethyl adjacent to an activating group) is 1. The predicted molar refractivity (Wildman–Crippen MR) is 134 cm³/mol. The van der Waals surface area contributed by atoms with Crippen molar-refractivity contribution in [3.05, 3.63) is 90.3 Å². The van der Waals surface area contributed by atoms with E-state index in [1.54, 1.807) is 6.08 Å². The van der Waals surface area contributed by atoms with Crippen molar-refractivity contribution in [2.75, 3.05) is 13.7 Å². The molecule has 31 heavy (non-hydrogen) atoms. The van der Waals surface area contributed by atoms with E-state index in [1.807, 2.05) is 45.2 Å². The third kappa shape index (κ3) is 8.01. The summed E-state index contributed by atoms with van der Waals surface area (Å²) in [4.78, 5) is 0. The lowest BCUT2D eigenvalue weighted by Crippen LogP contribution is -2.05. The number of ether oxygens (including phenoxy) is 1. The van der Waals surface area contributed by atoms with Gasteiger partial charge in [-0.2, -0.15) is 0 Å². The molecular formula is C28H38N2O. The molecule has 0 heterocycles. The van der Waals surface area contributed by atoms with E-state index in [0.29, 0.717) is 5.70 Å². The van der Waals surface area contributed by atoms with E-state index in [0.717, 1.165) is 24.0 Å². The number of nitrogens with two attached hydrogens (primary N) is 1. The Labute approximate surface area is 188 Å². The summed E-state index contributed by atoms with van der Waals surface area (Å²) in [6.07, 6.45) is 12.3. The minimum atomic E-state index is 0.669. The summed E-state index contributed by atoms with van der Waals surface area (Å²) in [7, 11) is 1.85. The van der Waals surface area contributed by atoms with Gasteiger partial charge in [-0.3, -0.25) is 0 Å². The molecule has 1 aliphatic carbocycles. The molecule has 1 saturated carbocycles. The second-order valence-electron chi connectivity index (χ2n) is 7.76. The van der Waals surface area contributed by atoms with Crippen molar-refractivity contribution in [1.29, 1.82) is 0 Å². The molecule has 0 radical (unpaired) electrons.